The minimum atomic E-state index is -1.30. The zero-order valence-electron chi connectivity index (χ0n) is 30.0. The van der Waals surface area contributed by atoms with E-state index in [2.05, 4.69) is 35.9 Å². The maximum atomic E-state index is 14.3. The van der Waals surface area contributed by atoms with Gasteiger partial charge in [0.2, 0.25) is 23.6 Å². The number of aromatic nitrogens is 4. The second-order valence-corrected chi connectivity index (χ2v) is 14.3. The lowest BCUT2D eigenvalue weighted by Crippen LogP contribution is -2.59. The van der Waals surface area contributed by atoms with E-state index >= 15 is 0 Å². The Kier molecular flexibility index (Phi) is 12.5. The van der Waals surface area contributed by atoms with Crippen molar-refractivity contribution in [1.29, 1.82) is 0 Å². The minimum absolute atomic E-state index is 0.0422. The first-order valence-electron chi connectivity index (χ1n) is 17.7. The average molecular weight is 734 g/mol. The Balaban J connectivity index is 1.32. The smallest absolute Gasteiger partial charge is 0.410 e. The first-order valence-corrected chi connectivity index (χ1v) is 17.7. The van der Waals surface area contributed by atoms with Crippen LogP contribution in [0.15, 0.2) is 55.4 Å². The molecule has 2 aliphatic rings. The second kappa shape index (κ2) is 17.2. The van der Waals surface area contributed by atoms with Crippen molar-refractivity contribution in [3.63, 3.8) is 0 Å². The van der Waals surface area contributed by atoms with Crippen molar-refractivity contribution in [2.45, 2.75) is 102 Å². The fourth-order valence-corrected chi connectivity index (χ4v) is 6.58. The number of hydrogen-bond donors (Lipinski definition) is 6. The molecule has 0 radical (unpaired) electrons. The van der Waals surface area contributed by atoms with Crippen molar-refractivity contribution in [3.8, 4) is 0 Å². The van der Waals surface area contributed by atoms with Crippen LogP contribution >= 0.6 is 0 Å². The lowest BCUT2D eigenvalue weighted by Gasteiger charge is -2.31. The molecule has 3 aromatic rings. The van der Waals surface area contributed by atoms with E-state index in [4.69, 9.17) is 4.74 Å². The molecule has 0 saturated carbocycles. The number of aliphatic carboxylic acids is 1. The highest BCUT2D eigenvalue weighted by atomic mass is 16.6. The quantitative estimate of drug-likeness (QED) is 0.138. The van der Waals surface area contributed by atoms with E-state index in [0.717, 1.165) is 5.56 Å². The van der Waals surface area contributed by atoms with Gasteiger partial charge in [0.1, 0.15) is 35.8 Å². The molecule has 17 nitrogen and oxygen atoms in total. The van der Waals surface area contributed by atoms with Crippen LogP contribution in [0.4, 0.5) is 4.79 Å². The molecule has 1 aromatic carbocycles. The first kappa shape index (κ1) is 38.5. The zero-order chi connectivity index (χ0) is 38.1. The Bertz CT molecular complexity index is 1730. The second-order valence-electron chi connectivity index (χ2n) is 14.3. The molecule has 6 N–H and O–H groups in total. The van der Waals surface area contributed by atoms with E-state index in [1.807, 2.05) is 6.07 Å². The van der Waals surface area contributed by atoms with Crippen LogP contribution in [0.2, 0.25) is 0 Å². The lowest BCUT2D eigenvalue weighted by atomic mass is 10.0. The molecule has 0 unspecified atom stereocenters. The molecule has 2 saturated heterocycles. The standard InChI is InChI=1S/C36H47N9O8/c1-36(2,3)53-35(52)45-14-8-12-29(45)32(48)42-26(16-23-18-37-20-39-23)33(49)44-13-7-11-28(44)31(47)41-25(15-22-9-5-4-6-10-22)30(46)43-27(34(50)51)17-24-19-38-21-40-24/h4-6,9-10,18-21,25-29H,7-8,11-17H2,1-3H3,(H,37,39)(H,38,40)(H,41,47)(H,42,48)(H,43,46)(H,50,51)/t25-,26-,27-,28-,29-/m0/s1. The summed E-state index contributed by atoms with van der Waals surface area (Å²) in [6, 6.07) is 3.54. The van der Waals surface area contributed by atoms with Crippen molar-refractivity contribution >= 4 is 35.7 Å². The van der Waals surface area contributed by atoms with Crippen LogP contribution < -0.4 is 16.0 Å². The van der Waals surface area contributed by atoms with Gasteiger partial charge in [0, 0.05) is 56.1 Å². The lowest BCUT2D eigenvalue weighted by molar-refractivity contribution is -0.143. The number of imidazole rings is 2. The first-order chi connectivity index (χ1) is 25.3. The summed E-state index contributed by atoms with van der Waals surface area (Å²) < 4.78 is 5.52. The molecule has 5 amide bonds. The maximum absolute atomic E-state index is 14.3. The molecule has 17 heteroatoms. The summed E-state index contributed by atoms with van der Waals surface area (Å²) in [4.78, 5) is 97.1. The number of amides is 5. The number of nitrogens with zero attached hydrogens (tertiary/aromatic N) is 4. The molecule has 2 fully saturated rings. The van der Waals surface area contributed by atoms with Crippen molar-refractivity contribution in [3.05, 3.63) is 72.3 Å². The normalized spacial score (nSPS) is 18.8. The molecule has 53 heavy (non-hydrogen) atoms. The highest BCUT2D eigenvalue weighted by molar-refractivity contribution is 5.96. The fraction of sp³-hybridized carbons (Fsp3) is 0.500. The van der Waals surface area contributed by atoms with Gasteiger partial charge in [-0.05, 0) is 52.0 Å². The van der Waals surface area contributed by atoms with Gasteiger partial charge < -0.3 is 40.7 Å². The van der Waals surface area contributed by atoms with Gasteiger partial charge in [0.25, 0.3) is 0 Å². The zero-order valence-corrected chi connectivity index (χ0v) is 30.0. The number of carbonyl (C=O) groups is 6. The SMILES string of the molecule is CC(C)(C)OC(=O)N1CCC[C@H]1C(=O)N[C@@H](Cc1cnc[nH]1)C(=O)N1CCC[C@H]1C(=O)N[C@@H](Cc1ccccc1)C(=O)N[C@@H](Cc1cnc[nH]1)C(=O)O. The van der Waals surface area contributed by atoms with Crippen molar-refractivity contribution < 1.29 is 38.6 Å². The van der Waals surface area contributed by atoms with Crippen molar-refractivity contribution in [1.82, 2.24) is 45.7 Å². The van der Waals surface area contributed by atoms with E-state index in [-0.39, 0.29) is 25.8 Å². The third-order valence-corrected chi connectivity index (χ3v) is 9.12. The number of carboxylic acid groups (broad SMARTS) is 1. The van der Waals surface area contributed by atoms with E-state index in [0.29, 0.717) is 43.6 Å². The number of likely N-dealkylation sites (tertiary alicyclic amines) is 2. The number of carboxylic acids is 1. The van der Waals surface area contributed by atoms with Crippen molar-refractivity contribution in [2.24, 2.45) is 0 Å². The van der Waals surface area contributed by atoms with Crippen LogP contribution in [0.1, 0.15) is 63.4 Å². The number of nitrogens with one attached hydrogen (secondary N) is 5. The molecule has 5 rings (SSSR count). The Morgan fingerprint density at radius 3 is 1.89 bits per heavy atom. The molecule has 0 spiro atoms. The van der Waals surface area contributed by atoms with E-state index < -0.39 is 71.5 Å². The molecule has 0 bridgehead atoms. The van der Waals surface area contributed by atoms with Crippen LogP contribution in [-0.4, -0.2) is 119 Å². The summed E-state index contributed by atoms with van der Waals surface area (Å²) in [5.41, 5.74) is 1.04. The van der Waals surface area contributed by atoms with Gasteiger partial charge in [0.05, 0.1) is 12.7 Å². The van der Waals surface area contributed by atoms with Gasteiger partial charge in [0.15, 0.2) is 0 Å². The molecule has 0 aliphatic carbocycles. The van der Waals surface area contributed by atoms with Crippen molar-refractivity contribution in [2.75, 3.05) is 13.1 Å². The van der Waals surface area contributed by atoms with E-state index in [9.17, 15) is 33.9 Å². The molecule has 284 valence electrons. The van der Waals surface area contributed by atoms with Crippen LogP contribution in [0.5, 0.6) is 0 Å². The van der Waals surface area contributed by atoms with Gasteiger partial charge in [-0.25, -0.2) is 19.6 Å². The summed E-state index contributed by atoms with van der Waals surface area (Å²) in [7, 11) is 0. The van der Waals surface area contributed by atoms with Gasteiger partial charge in [-0.1, -0.05) is 30.3 Å². The molecule has 2 aromatic heterocycles. The summed E-state index contributed by atoms with van der Waals surface area (Å²) in [5, 5.41) is 18.0. The number of hydrogen-bond acceptors (Lipinski definition) is 9. The van der Waals surface area contributed by atoms with Gasteiger partial charge in [-0.3, -0.25) is 24.1 Å². The average Bonchev–Trinajstić information content (AvgIpc) is 3.94. The maximum Gasteiger partial charge on any atom is 0.410 e. The monoisotopic (exact) mass is 733 g/mol. The number of ether oxygens (including phenoxy) is 1. The minimum Gasteiger partial charge on any atom is -0.480 e. The topological polar surface area (TPSA) is 232 Å². The summed E-state index contributed by atoms with van der Waals surface area (Å²) in [6.45, 7) is 5.77. The predicted molar refractivity (Wildman–Crippen MR) is 189 cm³/mol. The van der Waals surface area contributed by atoms with Gasteiger partial charge in [-0.15, -0.1) is 0 Å². The molecule has 2 aliphatic heterocycles. The summed E-state index contributed by atoms with van der Waals surface area (Å²) >= 11 is 0. The summed E-state index contributed by atoms with van der Waals surface area (Å²) in [6.07, 6.45) is 7.04. The number of aromatic amines is 2. The molecular weight excluding hydrogens is 686 g/mol. The molecular formula is C36H47N9O8. The number of H-pyrrole nitrogens is 2. The third kappa shape index (κ3) is 10.4. The Labute approximate surface area is 306 Å². The number of benzene rings is 1. The Hall–Kier alpha value is -5.74. The Morgan fingerprint density at radius 1 is 0.792 bits per heavy atom. The van der Waals surface area contributed by atoms with Crippen LogP contribution in [-0.2, 0) is 48.0 Å². The van der Waals surface area contributed by atoms with Gasteiger partial charge >= 0.3 is 12.1 Å². The van der Waals surface area contributed by atoms with Crippen LogP contribution in [0, 0.1) is 0 Å². The largest absolute Gasteiger partial charge is 0.480 e. The van der Waals surface area contributed by atoms with E-state index in [1.54, 1.807) is 45.0 Å². The highest BCUT2D eigenvalue weighted by Gasteiger charge is 2.42. The number of carbonyl (C=O) groups excluding carboxylic acids is 5. The van der Waals surface area contributed by atoms with E-state index in [1.165, 1.54) is 34.8 Å². The van der Waals surface area contributed by atoms with Gasteiger partial charge in [-0.2, -0.15) is 0 Å². The predicted octanol–water partition coefficient (Wildman–Crippen LogP) is 1.09. The molecule has 5 atom stereocenters. The number of rotatable bonds is 14. The molecule has 4 heterocycles. The summed E-state index contributed by atoms with van der Waals surface area (Å²) in [5.74, 6) is -3.59. The highest BCUT2D eigenvalue weighted by Crippen LogP contribution is 2.23. The fourth-order valence-electron chi connectivity index (χ4n) is 6.58. The third-order valence-electron chi connectivity index (χ3n) is 9.12. The van der Waals surface area contributed by atoms with Crippen LogP contribution in [0.25, 0.3) is 0 Å². The Morgan fingerprint density at radius 2 is 1.34 bits per heavy atom. The van der Waals surface area contributed by atoms with Crippen LogP contribution in [0.3, 0.4) is 0 Å².